The summed E-state index contributed by atoms with van der Waals surface area (Å²) in [5.41, 5.74) is 0. The minimum Gasteiger partial charge on any atom is -0.511 e. The van der Waals surface area contributed by atoms with Gasteiger partial charge in [0, 0.05) is 4.91 Å². The van der Waals surface area contributed by atoms with Crippen molar-refractivity contribution in [2.75, 3.05) is 6.26 Å². The Bertz CT molecular complexity index is 306. The van der Waals surface area contributed by atoms with Crippen LogP contribution in [0.15, 0.2) is 45.8 Å². The summed E-state index contributed by atoms with van der Waals surface area (Å²) >= 11 is 0. The van der Waals surface area contributed by atoms with Gasteiger partial charge in [0.2, 0.25) is 0 Å². The Morgan fingerprint density at radius 2 is 2.15 bits per heavy atom. The number of aliphatic hydroxyl groups is 1. The van der Waals surface area contributed by atoms with Gasteiger partial charge in [-0.25, -0.2) is 0 Å². The van der Waals surface area contributed by atoms with Crippen molar-refractivity contribution in [1.82, 2.24) is 0 Å². The Morgan fingerprint density at radius 1 is 1.46 bits per heavy atom. The smallest absolute Gasteiger partial charge is 0.102 e. The molecule has 0 aromatic rings. The van der Waals surface area contributed by atoms with Crippen molar-refractivity contribution >= 4 is 10.0 Å². The fourth-order valence-electron chi connectivity index (χ4n) is 1.41. The van der Waals surface area contributed by atoms with Gasteiger partial charge in [-0.3, -0.25) is 0 Å². The molecule has 13 heavy (non-hydrogen) atoms. The number of hydrogen-bond donors (Lipinski definition) is 1. The van der Waals surface area contributed by atoms with Crippen LogP contribution < -0.4 is 0 Å². The van der Waals surface area contributed by atoms with E-state index in [-0.39, 0.29) is 0 Å². The maximum Gasteiger partial charge on any atom is 0.102 e. The maximum atomic E-state index is 9.52. The molecule has 0 spiro atoms. The van der Waals surface area contributed by atoms with Crippen LogP contribution in [0.25, 0.3) is 0 Å². The zero-order chi connectivity index (χ0) is 9.90. The Kier molecular flexibility index (Phi) is 3.04. The lowest BCUT2D eigenvalue weighted by Crippen LogP contribution is -1.98. The predicted molar refractivity (Wildman–Crippen MR) is 61.9 cm³/mol. The van der Waals surface area contributed by atoms with Gasteiger partial charge < -0.3 is 5.11 Å². The van der Waals surface area contributed by atoms with Gasteiger partial charge >= 0.3 is 0 Å². The number of aliphatic hydroxyl groups excluding tert-OH is 1. The largest absolute Gasteiger partial charge is 0.511 e. The zero-order valence-corrected chi connectivity index (χ0v) is 9.14. The fourth-order valence-corrected chi connectivity index (χ4v) is 3.79. The number of hydrogen-bond acceptors (Lipinski definition) is 1. The highest BCUT2D eigenvalue weighted by molar-refractivity contribution is 8.41. The van der Waals surface area contributed by atoms with Gasteiger partial charge in [-0.05, 0) is 37.0 Å². The predicted octanol–water partition coefficient (Wildman–Crippen LogP) is 3.83. The maximum absolute atomic E-state index is 9.52. The molecule has 0 saturated heterocycles. The van der Waals surface area contributed by atoms with Crippen LogP contribution in [-0.2, 0) is 0 Å². The van der Waals surface area contributed by atoms with Crippen molar-refractivity contribution in [2.24, 2.45) is 0 Å². The lowest BCUT2D eigenvalue weighted by molar-refractivity contribution is 0.413. The minimum absolute atomic E-state index is 0.427. The van der Waals surface area contributed by atoms with Crippen LogP contribution in [0.1, 0.15) is 13.8 Å². The molecule has 72 valence electrons. The van der Waals surface area contributed by atoms with Crippen LogP contribution in [-0.4, -0.2) is 11.4 Å². The first kappa shape index (κ1) is 10.2. The van der Waals surface area contributed by atoms with E-state index >= 15 is 0 Å². The van der Waals surface area contributed by atoms with Gasteiger partial charge in [-0.15, -0.1) is 0 Å². The van der Waals surface area contributed by atoms with Gasteiger partial charge in [-0.1, -0.05) is 18.2 Å². The summed E-state index contributed by atoms with van der Waals surface area (Å²) in [4.78, 5) is 1.05. The van der Waals surface area contributed by atoms with E-state index in [1.165, 1.54) is 0 Å². The summed E-state index contributed by atoms with van der Waals surface area (Å²) in [6.45, 7) is 3.75. The monoisotopic (exact) mass is 196 g/mol. The van der Waals surface area contributed by atoms with E-state index in [4.69, 9.17) is 0 Å². The van der Waals surface area contributed by atoms with Crippen molar-refractivity contribution in [1.29, 1.82) is 0 Å². The van der Waals surface area contributed by atoms with E-state index in [1.54, 1.807) is 6.92 Å². The average molecular weight is 196 g/mol. The molecule has 1 unspecified atom stereocenters. The third kappa shape index (κ3) is 2.07. The molecule has 0 aromatic heterocycles. The second-order valence-electron chi connectivity index (χ2n) is 3.15. The number of allylic oxidation sites excluding steroid dienone is 5. The molecular formula is C11H16OS. The Labute approximate surface area is 81.5 Å². The molecule has 0 radical (unpaired) electrons. The third-order valence-corrected chi connectivity index (χ3v) is 4.91. The first-order valence-electron chi connectivity index (χ1n) is 4.26. The Balaban J connectivity index is 3.16. The highest BCUT2D eigenvalue weighted by atomic mass is 32.3. The molecule has 1 aliphatic rings. The van der Waals surface area contributed by atoms with Crippen molar-refractivity contribution in [3.8, 4) is 0 Å². The summed E-state index contributed by atoms with van der Waals surface area (Å²) in [6.07, 6.45) is 10.2. The second-order valence-corrected chi connectivity index (χ2v) is 6.23. The molecule has 1 atom stereocenters. The standard InChI is InChI=1S/C11H16OS/c1-4-8-13(3)9-6-5-7-11(13)10(2)12/h4-9,12H,1-3H3/b8-4+,11-10?. The molecule has 0 amide bonds. The van der Waals surface area contributed by atoms with Crippen molar-refractivity contribution < 1.29 is 5.11 Å². The summed E-state index contributed by atoms with van der Waals surface area (Å²) in [5.74, 6) is 0.427. The minimum atomic E-state index is -1.05. The highest BCUT2D eigenvalue weighted by Gasteiger charge is 2.19. The molecule has 0 aromatic carbocycles. The quantitative estimate of drug-likeness (QED) is 0.632. The van der Waals surface area contributed by atoms with E-state index in [0.29, 0.717) is 5.76 Å². The van der Waals surface area contributed by atoms with E-state index in [0.717, 1.165) is 4.91 Å². The second kappa shape index (κ2) is 3.88. The molecule has 1 rings (SSSR count). The SMILES string of the molecule is C/C=C/S1(C)C=CC=CC1=C(C)O. The van der Waals surface area contributed by atoms with Crippen LogP contribution >= 0.6 is 10.0 Å². The van der Waals surface area contributed by atoms with Crippen LogP contribution in [0.2, 0.25) is 0 Å². The van der Waals surface area contributed by atoms with E-state index < -0.39 is 10.0 Å². The third-order valence-electron chi connectivity index (χ3n) is 1.97. The Morgan fingerprint density at radius 3 is 2.69 bits per heavy atom. The normalized spacial score (nSPS) is 36.2. The molecule has 1 N–H and O–H groups in total. The van der Waals surface area contributed by atoms with Crippen LogP contribution in [0.3, 0.4) is 0 Å². The van der Waals surface area contributed by atoms with Crippen LogP contribution in [0.5, 0.6) is 0 Å². The summed E-state index contributed by atoms with van der Waals surface area (Å²) in [7, 11) is -1.05. The first-order valence-corrected chi connectivity index (χ1v) is 6.42. The molecule has 1 nitrogen and oxygen atoms in total. The lowest BCUT2D eigenvalue weighted by Gasteiger charge is -2.32. The van der Waals surface area contributed by atoms with Crippen LogP contribution in [0.4, 0.5) is 0 Å². The van der Waals surface area contributed by atoms with Crippen LogP contribution in [0, 0.1) is 0 Å². The fraction of sp³-hybridized carbons (Fsp3) is 0.273. The first-order chi connectivity index (χ1) is 6.10. The number of rotatable bonds is 1. The summed E-state index contributed by atoms with van der Waals surface area (Å²) < 4.78 is 0. The molecule has 1 aliphatic heterocycles. The van der Waals surface area contributed by atoms with Gasteiger partial charge in [0.25, 0.3) is 0 Å². The highest BCUT2D eigenvalue weighted by Crippen LogP contribution is 2.57. The molecule has 0 aliphatic carbocycles. The van der Waals surface area contributed by atoms with E-state index in [2.05, 4.69) is 17.1 Å². The van der Waals surface area contributed by atoms with Gasteiger partial charge in [0.05, 0.1) is 0 Å². The molecular weight excluding hydrogens is 180 g/mol. The Hall–Kier alpha value is -0.890. The van der Waals surface area contributed by atoms with Crippen molar-refractivity contribution in [3.05, 3.63) is 45.8 Å². The molecule has 1 heterocycles. The van der Waals surface area contributed by atoms with Gasteiger partial charge in [0.15, 0.2) is 0 Å². The van der Waals surface area contributed by atoms with Gasteiger partial charge in [-0.2, -0.15) is 10.0 Å². The van der Waals surface area contributed by atoms with Crippen molar-refractivity contribution in [3.63, 3.8) is 0 Å². The van der Waals surface area contributed by atoms with E-state index in [1.807, 2.05) is 31.2 Å². The summed E-state index contributed by atoms with van der Waals surface area (Å²) in [5, 5.41) is 13.9. The lowest BCUT2D eigenvalue weighted by atomic mass is 10.4. The molecule has 2 heteroatoms. The zero-order valence-electron chi connectivity index (χ0n) is 8.32. The molecule has 0 saturated carbocycles. The van der Waals surface area contributed by atoms with Crippen molar-refractivity contribution in [2.45, 2.75) is 13.8 Å². The molecule has 0 bridgehead atoms. The average Bonchev–Trinajstić information content (AvgIpc) is 2.04. The molecule has 0 fully saturated rings. The topological polar surface area (TPSA) is 20.2 Å². The van der Waals surface area contributed by atoms with Gasteiger partial charge in [0.1, 0.15) is 5.76 Å². The van der Waals surface area contributed by atoms with E-state index in [9.17, 15) is 5.11 Å². The summed E-state index contributed by atoms with van der Waals surface area (Å²) in [6, 6.07) is 0.